The Hall–Kier alpha value is -1.90. The summed E-state index contributed by atoms with van der Waals surface area (Å²) in [7, 11) is 1.79. The van der Waals surface area contributed by atoms with Crippen LogP contribution in [0, 0.1) is 11.8 Å². The summed E-state index contributed by atoms with van der Waals surface area (Å²) < 4.78 is 5.31. The van der Waals surface area contributed by atoms with Gasteiger partial charge in [-0.25, -0.2) is 0 Å². The van der Waals surface area contributed by atoms with Crippen molar-refractivity contribution in [1.82, 2.24) is 9.88 Å². The van der Waals surface area contributed by atoms with Gasteiger partial charge in [0.1, 0.15) is 0 Å². The molecular weight excluding hydrogens is 242 g/mol. The van der Waals surface area contributed by atoms with Crippen LogP contribution in [0.5, 0.6) is 0 Å². The van der Waals surface area contributed by atoms with Crippen LogP contribution in [-0.4, -0.2) is 48.6 Å². The molecule has 0 aliphatic carbocycles. The standard InChI is InChI=1S/C14H17N3O2/c1-17(12-5-8-19-10-12)14(18)13-4-7-16-9-11(13)3-2-6-15/h4,7,9,12H,5-6,8,10,15H2,1H3. The van der Waals surface area contributed by atoms with Crippen LogP contribution in [0.15, 0.2) is 18.5 Å². The number of nitrogens with two attached hydrogens (primary N) is 1. The molecule has 1 aromatic heterocycles. The van der Waals surface area contributed by atoms with Crippen molar-refractivity contribution in [2.75, 3.05) is 26.8 Å². The van der Waals surface area contributed by atoms with Gasteiger partial charge >= 0.3 is 0 Å². The Morgan fingerprint density at radius 1 is 1.68 bits per heavy atom. The molecule has 19 heavy (non-hydrogen) atoms. The van der Waals surface area contributed by atoms with E-state index in [-0.39, 0.29) is 18.5 Å². The van der Waals surface area contributed by atoms with Crippen LogP contribution >= 0.6 is 0 Å². The van der Waals surface area contributed by atoms with Gasteiger partial charge < -0.3 is 15.4 Å². The fourth-order valence-corrected chi connectivity index (χ4v) is 2.01. The van der Waals surface area contributed by atoms with E-state index in [0.717, 1.165) is 6.42 Å². The Bertz CT molecular complexity index is 513. The maximum absolute atomic E-state index is 12.5. The van der Waals surface area contributed by atoms with E-state index in [1.165, 1.54) is 0 Å². The van der Waals surface area contributed by atoms with Crippen molar-refractivity contribution in [1.29, 1.82) is 0 Å². The van der Waals surface area contributed by atoms with E-state index in [4.69, 9.17) is 10.5 Å². The van der Waals surface area contributed by atoms with Crippen LogP contribution in [0.1, 0.15) is 22.3 Å². The summed E-state index contributed by atoms with van der Waals surface area (Å²) in [6.07, 6.45) is 4.06. The fraction of sp³-hybridized carbons (Fsp3) is 0.429. The quantitative estimate of drug-likeness (QED) is 0.773. The minimum absolute atomic E-state index is 0.0563. The van der Waals surface area contributed by atoms with E-state index in [0.29, 0.717) is 24.3 Å². The lowest BCUT2D eigenvalue weighted by Gasteiger charge is -2.23. The molecule has 5 heteroatoms. The fourth-order valence-electron chi connectivity index (χ4n) is 2.01. The number of aromatic nitrogens is 1. The van der Waals surface area contributed by atoms with Gasteiger partial charge in [-0.05, 0) is 12.5 Å². The minimum atomic E-state index is -0.0563. The Kier molecular flexibility index (Phi) is 4.50. The third kappa shape index (κ3) is 3.11. The zero-order valence-electron chi connectivity index (χ0n) is 10.9. The molecule has 1 aromatic rings. The summed E-state index contributed by atoms with van der Waals surface area (Å²) in [5.74, 6) is 5.58. The predicted molar refractivity (Wildman–Crippen MR) is 71.5 cm³/mol. The van der Waals surface area contributed by atoms with Crippen molar-refractivity contribution < 1.29 is 9.53 Å². The third-order valence-corrected chi connectivity index (χ3v) is 3.15. The molecule has 2 N–H and O–H groups in total. The molecule has 0 saturated carbocycles. The van der Waals surface area contributed by atoms with Gasteiger partial charge in [-0.15, -0.1) is 0 Å². The number of pyridine rings is 1. The van der Waals surface area contributed by atoms with E-state index in [1.54, 1.807) is 30.4 Å². The molecule has 0 aromatic carbocycles. The topological polar surface area (TPSA) is 68.5 Å². The molecule has 1 fully saturated rings. The van der Waals surface area contributed by atoms with Crippen LogP contribution in [0.3, 0.4) is 0 Å². The smallest absolute Gasteiger partial charge is 0.255 e. The molecule has 0 spiro atoms. The van der Waals surface area contributed by atoms with Gasteiger partial charge in [-0.1, -0.05) is 11.8 Å². The molecule has 1 aliphatic rings. The van der Waals surface area contributed by atoms with Crippen LogP contribution in [-0.2, 0) is 4.74 Å². The highest BCUT2D eigenvalue weighted by molar-refractivity contribution is 5.96. The molecule has 0 bridgehead atoms. The molecule has 100 valence electrons. The van der Waals surface area contributed by atoms with Crippen molar-refractivity contribution >= 4 is 5.91 Å². The third-order valence-electron chi connectivity index (χ3n) is 3.15. The number of hydrogen-bond acceptors (Lipinski definition) is 4. The van der Waals surface area contributed by atoms with E-state index < -0.39 is 0 Å². The summed E-state index contributed by atoms with van der Waals surface area (Å²) in [6, 6.07) is 1.82. The SMILES string of the molecule is CN(C(=O)c1ccncc1C#CCN)C1CCOC1. The number of hydrogen-bond donors (Lipinski definition) is 1. The Morgan fingerprint density at radius 2 is 2.53 bits per heavy atom. The second-order valence-corrected chi connectivity index (χ2v) is 4.36. The summed E-state index contributed by atoms with van der Waals surface area (Å²) in [5, 5.41) is 0. The lowest BCUT2D eigenvalue weighted by molar-refractivity contribution is 0.0711. The van der Waals surface area contributed by atoms with Gasteiger partial charge in [-0.2, -0.15) is 0 Å². The largest absolute Gasteiger partial charge is 0.379 e. The van der Waals surface area contributed by atoms with Crippen LogP contribution in [0.4, 0.5) is 0 Å². The number of amides is 1. The molecule has 1 amide bonds. The Balaban J connectivity index is 2.22. The first-order valence-corrected chi connectivity index (χ1v) is 6.22. The first-order chi connectivity index (χ1) is 9.24. The van der Waals surface area contributed by atoms with Crippen LogP contribution in [0.2, 0.25) is 0 Å². The molecule has 2 rings (SSSR count). The number of carbonyl (C=O) groups excluding carboxylic acids is 1. The van der Waals surface area contributed by atoms with Crippen LogP contribution < -0.4 is 5.73 Å². The van der Waals surface area contributed by atoms with E-state index in [2.05, 4.69) is 16.8 Å². The van der Waals surface area contributed by atoms with Crippen molar-refractivity contribution in [3.8, 4) is 11.8 Å². The predicted octanol–water partition coefficient (Wildman–Crippen LogP) is 0.253. The minimum Gasteiger partial charge on any atom is -0.379 e. The van der Waals surface area contributed by atoms with Crippen molar-refractivity contribution in [3.63, 3.8) is 0 Å². The van der Waals surface area contributed by atoms with E-state index >= 15 is 0 Å². The summed E-state index contributed by atoms with van der Waals surface area (Å²) in [6.45, 7) is 1.56. The number of carbonyl (C=O) groups is 1. The number of likely N-dealkylation sites (N-methyl/N-ethyl adjacent to an activating group) is 1. The zero-order valence-corrected chi connectivity index (χ0v) is 10.9. The monoisotopic (exact) mass is 259 g/mol. The molecule has 1 unspecified atom stereocenters. The lowest BCUT2D eigenvalue weighted by atomic mass is 10.1. The van der Waals surface area contributed by atoms with Crippen molar-refractivity contribution in [2.45, 2.75) is 12.5 Å². The second-order valence-electron chi connectivity index (χ2n) is 4.36. The van der Waals surface area contributed by atoms with Gasteiger partial charge in [0.2, 0.25) is 0 Å². The van der Waals surface area contributed by atoms with Crippen LogP contribution in [0.25, 0.3) is 0 Å². The van der Waals surface area contributed by atoms with E-state index in [9.17, 15) is 4.79 Å². The maximum Gasteiger partial charge on any atom is 0.255 e. The average molecular weight is 259 g/mol. The zero-order chi connectivity index (χ0) is 13.7. The van der Waals surface area contributed by atoms with Gasteiger partial charge in [0.25, 0.3) is 5.91 Å². The summed E-state index contributed by atoms with van der Waals surface area (Å²) in [4.78, 5) is 18.2. The van der Waals surface area contributed by atoms with Gasteiger partial charge in [0, 0.05) is 26.0 Å². The van der Waals surface area contributed by atoms with E-state index in [1.807, 2.05) is 0 Å². The first kappa shape index (κ1) is 13.5. The maximum atomic E-state index is 12.5. The van der Waals surface area contributed by atoms with Gasteiger partial charge in [-0.3, -0.25) is 9.78 Å². The van der Waals surface area contributed by atoms with Gasteiger partial charge in [0.05, 0.1) is 30.3 Å². The average Bonchev–Trinajstić information content (AvgIpc) is 2.98. The highest BCUT2D eigenvalue weighted by atomic mass is 16.5. The Morgan fingerprint density at radius 3 is 3.21 bits per heavy atom. The Labute approximate surface area is 112 Å². The van der Waals surface area contributed by atoms with Crippen molar-refractivity contribution in [3.05, 3.63) is 29.6 Å². The highest BCUT2D eigenvalue weighted by Crippen LogP contribution is 2.15. The van der Waals surface area contributed by atoms with Crippen molar-refractivity contribution in [2.24, 2.45) is 5.73 Å². The molecule has 2 heterocycles. The molecule has 1 atom stereocenters. The lowest BCUT2D eigenvalue weighted by Crippen LogP contribution is -2.37. The molecule has 0 radical (unpaired) electrons. The second kappa shape index (κ2) is 6.32. The molecule has 1 saturated heterocycles. The number of rotatable bonds is 2. The highest BCUT2D eigenvalue weighted by Gasteiger charge is 2.25. The molecule has 5 nitrogen and oxygen atoms in total. The molecular formula is C14H17N3O2. The number of nitrogens with zero attached hydrogens (tertiary/aromatic N) is 2. The van der Waals surface area contributed by atoms with Gasteiger partial charge in [0.15, 0.2) is 0 Å². The normalized spacial score (nSPS) is 17.7. The summed E-state index contributed by atoms with van der Waals surface area (Å²) >= 11 is 0. The molecule has 1 aliphatic heterocycles. The first-order valence-electron chi connectivity index (χ1n) is 6.22. The summed E-state index contributed by atoms with van der Waals surface area (Å²) in [5.41, 5.74) is 6.53. The number of ether oxygens (including phenoxy) is 1.